The van der Waals surface area contributed by atoms with Gasteiger partial charge in [-0.05, 0) is 83.5 Å². The summed E-state index contributed by atoms with van der Waals surface area (Å²) in [6, 6.07) is 0. The van der Waals surface area contributed by atoms with E-state index in [0.717, 1.165) is 89.9 Å². The van der Waals surface area contributed by atoms with Crippen LogP contribution in [0, 0.1) is 0 Å². The monoisotopic (exact) mass is 851 g/mol. The average molecular weight is 851 g/mol. The first-order chi connectivity index (χ1) is 30.0. The summed E-state index contributed by atoms with van der Waals surface area (Å²) in [5.41, 5.74) is 0. The van der Waals surface area contributed by atoms with Crippen LogP contribution in [0.1, 0.15) is 239 Å². The third kappa shape index (κ3) is 47.7. The second kappa shape index (κ2) is 49.5. The summed E-state index contributed by atoms with van der Waals surface area (Å²) >= 11 is 0. The summed E-state index contributed by atoms with van der Waals surface area (Å²) in [7, 11) is 0. The van der Waals surface area contributed by atoms with Crippen LogP contribution in [0.15, 0.2) is 72.9 Å². The lowest BCUT2D eigenvalue weighted by molar-refractivity contribution is -0.167. The minimum atomic E-state index is -0.794. The van der Waals surface area contributed by atoms with Crippen molar-refractivity contribution in [3.63, 3.8) is 0 Å². The van der Waals surface area contributed by atoms with E-state index in [0.29, 0.717) is 19.3 Å². The predicted molar refractivity (Wildman–Crippen MR) is 261 cm³/mol. The lowest BCUT2D eigenvalue weighted by atomic mass is 10.0. The molecule has 0 aliphatic rings. The van der Waals surface area contributed by atoms with Crippen LogP contribution in [-0.2, 0) is 28.6 Å². The van der Waals surface area contributed by atoms with Gasteiger partial charge in [0.05, 0.1) is 0 Å². The standard InChI is InChI=1S/C55H94O6/c1-4-7-10-13-16-19-22-25-26-27-28-29-30-31-34-36-39-42-45-48-54(57)60-51-52(61-55(58)49-46-43-40-37-33-24-21-18-15-12-9-6-3)50-59-53(56)47-44-41-38-35-32-23-20-17-14-11-8-5-2/h7,9-10,12,16,18-19,21,25-26,33,37,52H,4-6,8,11,13-15,17,20,22-24,27-32,34-36,38-51H2,1-3H3/b10-7-,12-9-,19-16-,21-18-,26-25-,37-33-. The molecule has 1 atom stereocenters. The van der Waals surface area contributed by atoms with E-state index in [9.17, 15) is 14.4 Å². The Bertz CT molecular complexity index is 1160. The van der Waals surface area contributed by atoms with Gasteiger partial charge in [-0.25, -0.2) is 0 Å². The van der Waals surface area contributed by atoms with Gasteiger partial charge in [0.15, 0.2) is 6.10 Å². The molecule has 350 valence electrons. The Morgan fingerprint density at radius 2 is 0.639 bits per heavy atom. The molecular formula is C55H94O6. The second-order valence-electron chi connectivity index (χ2n) is 16.7. The number of carbonyl (C=O) groups excluding carboxylic acids is 3. The number of ether oxygens (including phenoxy) is 3. The summed E-state index contributed by atoms with van der Waals surface area (Å²) in [5.74, 6) is -0.935. The first kappa shape index (κ1) is 57.9. The third-order valence-corrected chi connectivity index (χ3v) is 10.7. The van der Waals surface area contributed by atoms with Gasteiger partial charge in [-0.1, -0.05) is 209 Å². The predicted octanol–water partition coefficient (Wildman–Crippen LogP) is 16.6. The van der Waals surface area contributed by atoms with E-state index in [2.05, 4.69) is 93.7 Å². The van der Waals surface area contributed by atoms with E-state index in [1.165, 1.54) is 103 Å². The second-order valence-corrected chi connectivity index (χ2v) is 16.7. The average Bonchev–Trinajstić information content (AvgIpc) is 3.26. The molecule has 0 aliphatic heterocycles. The van der Waals surface area contributed by atoms with Crippen LogP contribution in [0.3, 0.4) is 0 Å². The van der Waals surface area contributed by atoms with E-state index in [4.69, 9.17) is 14.2 Å². The van der Waals surface area contributed by atoms with Crippen molar-refractivity contribution in [1.82, 2.24) is 0 Å². The minimum absolute atomic E-state index is 0.0909. The number of hydrogen-bond acceptors (Lipinski definition) is 6. The summed E-state index contributed by atoms with van der Waals surface area (Å²) in [6.07, 6.45) is 61.8. The summed E-state index contributed by atoms with van der Waals surface area (Å²) in [4.78, 5) is 37.9. The quantitative estimate of drug-likeness (QED) is 0.0263. The zero-order valence-electron chi connectivity index (χ0n) is 39.9. The largest absolute Gasteiger partial charge is 0.462 e. The van der Waals surface area contributed by atoms with Gasteiger partial charge < -0.3 is 14.2 Å². The fraction of sp³-hybridized carbons (Fsp3) is 0.727. The van der Waals surface area contributed by atoms with Crippen LogP contribution < -0.4 is 0 Å². The molecule has 0 saturated carbocycles. The molecule has 0 heterocycles. The van der Waals surface area contributed by atoms with Crippen LogP contribution in [-0.4, -0.2) is 37.2 Å². The van der Waals surface area contributed by atoms with Crippen molar-refractivity contribution < 1.29 is 28.6 Å². The third-order valence-electron chi connectivity index (χ3n) is 10.7. The number of hydrogen-bond donors (Lipinski definition) is 0. The van der Waals surface area contributed by atoms with Gasteiger partial charge in [0.2, 0.25) is 0 Å². The fourth-order valence-corrected chi connectivity index (χ4v) is 6.94. The number of allylic oxidation sites excluding steroid dienone is 12. The van der Waals surface area contributed by atoms with Gasteiger partial charge in [-0.3, -0.25) is 14.4 Å². The molecule has 0 rings (SSSR count). The molecular weight excluding hydrogens is 757 g/mol. The molecule has 1 unspecified atom stereocenters. The maximum atomic E-state index is 12.7. The molecule has 0 radical (unpaired) electrons. The molecule has 0 N–H and O–H groups in total. The first-order valence-corrected chi connectivity index (χ1v) is 25.4. The van der Waals surface area contributed by atoms with Crippen molar-refractivity contribution in [3.05, 3.63) is 72.9 Å². The van der Waals surface area contributed by atoms with Crippen molar-refractivity contribution >= 4 is 17.9 Å². The Labute approximate surface area is 376 Å². The SMILES string of the molecule is CC/C=C\C/C=C\C/C=C\CCCCCCCCCCCC(=O)OCC(COC(=O)CCCCCCCCCCCCCC)OC(=O)CCCC/C=C\C/C=C\C/C=C\CC. The van der Waals surface area contributed by atoms with Gasteiger partial charge in [-0.2, -0.15) is 0 Å². The van der Waals surface area contributed by atoms with Crippen molar-refractivity contribution in [1.29, 1.82) is 0 Å². The lowest BCUT2D eigenvalue weighted by Gasteiger charge is -2.18. The molecule has 0 aromatic rings. The van der Waals surface area contributed by atoms with Crippen molar-refractivity contribution in [3.8, 4) is 0 Å². The van der Waals surface area contributed by atoms with Gasteiger partial charge in [0, 0.05) is 19.3 Å². The number of unbranched alkanes of at least 4 members (excludes halogenated alkanes) is 22. The fourth-order valence-electron chi connectivity index (χ4n) is 6.94. The van der Waals surface area contributed by atoms with E-state index >= 15 is 0 Å². The van der Waals surface area contributed by atoms with Crippen LogP contribution in [0.2, 0.25) is 0 Å². The number of carbonyl (C=O) groups is 3. The smallest absolute Gasteiger partial charge is 0.306 e. The summed E-state index contributed by atoms with van der Waals surface area (Å²) < 4.78 is 16.7. The van der Waals surface area contributed by atoms with Gasteiger partial charge >= 0.3 is 17.9 Å². The minimum Gasteiger partial charge on any atom is -0.462 e. The van der Waals surface area contributed by atoms with Gasteiger partial charge in [0.25, 0.3) is 0 Å². The summed E-state index contributed by atoms with van der Waals surface area (Å²) in [5, 5.41) is 0. The molecule has 0 amide bonds. The molecule has 6 heteroatoms. The maximum absolute atomic E-state index is 12.7. The van der Waals surface area contributed by atoms with Crippen LogP contribution in [0.25, 0.3) is 0 Å². The van der Waals surface area contributed by atoms with Crippen LogP contribution in [0.4, 0.5) is 0 Å². The molecule has 61 heavy (non-hydrogen) atoms. The lowest BCUT2D eigenvalue weighted by Crippen LogP contribution is -2.30. The molecule has 0 aromatic heterocycles. The van der Waals surface area contributed by atoms with E-state index in [-0.39, 0.29) is 37.5 Å². The zero-order valence-corrected chi connectivity index (χ0v) is 39.9. The molecule has 0 bridgehead atoms. The normalized spacial score (nSPS) is 12.6. The number of rotatable bonds is 45. The van der Waals surface area contributed by atoms with Crippen LogP contribution >= 0.6 is 0 Å². The molecule has 0 fully saturated rings. The van der Waals surface area contributed by atoms with Crippen molar-refractivity contribution in [2.24, 2.45) is 0 Å². The highest BCUT2D eigenvalue weighted by Crippen LogP contribution is 2.15. The Hall–Kier alpha value is -3.15. The van der Waals surface area contributed by atoms with Gasteiger partial charge in [0.1, 0.15) is 13.2 Å². The Kier molecular flexibility index (Phi) is 46.9. The van der Waals surface area contributed by atoms with E-state index in [1.807, 2.05) is 0 Å². The summed E-state index contributed by atoms with van der Waals surface area (Å²) in [6.45, 7) is 6.37. The molecule has 6 nitrogen and oxygen atoms in total. The molecule has 0 spiro atoms. The molecule has 0 aliphatic carbocycles. The highest BCUT2D eigenvalue weighted by Gasteiger charge is 2.19. The van der Waals surface area contributed by atoms with E-state index in [1.54, 1.807) is 0 Å². The first-order valence-electron chi connectivity index (χ1n) is 25.4. The number of esters is 3. The Morgan fingerprint density at radius 3 is 1.03 bits per heavy atom. The topological polar surface area (TPSA) is 78.9 Å². The Balaban J connectivity index is 4.37. The molecule has 0 saturated heterocycles. The zero-order chi connectivity index (χ0) is 44.4. The van der Waals surface area contributed by atoms with Gasteiger partial charge in [-0.15, -0.1) is 0 Å². The highest BCUT2D eigenvalue weighted by atomic mass is 16.6. The Morgan fingerprint density at radius 1 is 0.344 bits per heavy atom. The van der Waals surface area contributed by atoms with Crippen LogP contribution in [0.5, 0.6) is 0 Å². The highest BCUT2D eigenvalue weighted by molar-refractivity contribution is 5.71. The molecule has 0 aromatic carbocycles. The maximum Gasteiger partial charge on any atom is 0.306 e. The van der Waals surface area contributed by atoms with Crippen molar-refractivity contribution in [2.45, 2.75) is 245 Å². The van der Waals surface area contributed by atoms with Crippen molar-refractivity contribution in [2.75, 3.05) is 13.2 Å². The van der Waals surface area contributed by atoms with E-state index < -0.39 is 6.10 Å².